The summed E-state index contributed by atoms with van der Waals surface area (Å²) in [4.78, 5) is 16.0. The van der Waals surface area contributed by atoms with Crippen molar-refractivity contribution in [2.45, 2.75) is 19.8 Å². The van der Waals surface area contributed by atoms with E-state index in [1.807, 2.05) is 49.5 Å². The van der Waals surface area contributed by atoms with E-state index in [0.717, 1.165) is 47.6 Å². The summed E-state index contributed by atoms with van der Waals surface area (Å²) in [5.74, 6) is 0.824. The van der Waals surface area contributed by atoms with Crippen molar-refractivity contribution in [2.24, 2.45) is 0 Å². The minimum atomic E-state index is 0.362. The molecule has 3 heterocycles. The van der Waals surface area contributed by atoms with Gasteiger partial charge in [0, 0.05) is 23.0 Å². The van der Waals surface area contributed by atoms with Gasteiger partial charge < -0.3 is 9.32 Å². The molecule has 0 radical (unpaired) electrons. The van der Waals surface area contributed by atoms with Gasteiger partial charge in [-0.2, -0.15) is 0 Å². The lowest BCUT2D eigenvalue weighted by atomic mass is 10.1. The molecule has 1 aromatic carbocycles. The van der Waals surface area contributed by atoms with Crippen LogP contribution in [0.5, 0.6) is 0 Å². The van der Waals surface area contributed by atoms with Gasteiger partial charge in [0.1, 0.15) is 5.69 Å². The first-order chi connectivity index (χ1) is 14.6. The second-order valence-electron chi connectivity index (χ2n) is 7.41. The van der Waals surface area contributed by atoms with Crippen LogP contribution in [0.4, 0.5) is 0 Å². The Morgan fingerprint density at radius 2 is 1.73 bits per heavy atom. The van der Waals surface area contributed by atoms with Gasteiger partial charge in [-0.15, -0.1) is 10.2 Å². The largest absolute Gasteiger partial charge is 0.415 e. The molecule has 0 aliphatic rings. The van der Waals surface area contributed by atoms with Crippen LogP contribution in [-0.4, -0.2) is 50.7 Å². The zero-order valence-electron chi connectivity index (χ0n) is 17.4. The lowest BCUT2D eigenvalue weighted by Crippen LogP contribution is -2.13. The molecule has 152 valence electrons. The number of pyridine rings is 1. The topological polar surface area (TPSA) is 80.8 Å². The highest BCUT2D eigenvalue weighted by atomic mass is 16.4. The highest BCUT2D eigenvalue weighted by Gasteiger charge is 2.16. The van der Waals surface area contributed by atoms with Crippen molar-refractivity contribution in [3.63, 3.8) is 0 Å². The maximum Gasteiger partial charge on any atom is 0.268 e. The standard InChI is InChI=1S/C23H24N6O/c1-16-21(23-28-27-22(30-23)17-8-5-4-6-9-17)26-20(15-25-16)18-11-12-24-19(14-18)10-7-13-29(2)3/h4-6,8-9,11-12,14-15H,7,10,13H2,1-3H3. The van der Waals surface area contributed by atoms with Crippen LogP contribution in [-0.2, 0) is 6.42 Å². The van der Waals surface area contributed by atoms with E-state index in [4.69, 9.17) is 9.40 Å². The van der Waals surface area contributed by atoms with Crippen LogP contribution < -0.4 is 0 Å². The van der Waals surface area contributed by atoms with Crippen molar-refractivity contribution in [2.75, 3.05) is 20.6 Å². The first kappa shape index (κ1) is 19.8. The monoisotopic (exact) mass is 400 g/mol. The van der Waals surface area contributed by atoms with Crippen molar-refractivity contribution in [1.29, 1.82) is 0 Å². The summed E-state index contributed by atoms with van der Waals surface area (Å²) in [6.45, 7) is 2.92. The van der Waals surface area contributed by atoms with Crippen molar-refractivity contribution < 1.29 is 4.42 Å². The lowest BCUT2D eigenvalue weighted by molar-refractivity contribution is 0.399. The van der Waals surface area contributed by atoms with Gasteiger partial charge in [-0.05, 0) is 64.7 Å². The van der Waals surface area contributed by atoms with E-state index >= 15 is 0 Å². The molecule has 30 heavy (non-hydrogen) atoms. The van der Waals surface area contributed by atoms with Gasteiger partial charge in [-0.3, -0.25) is 9.97 Å². The van der Waals surface area contributed by atoms with Gasteiger partial charge in [0.25, 0.3) is 5.89 Å². The molecule has 0 unspecified atom stereocenters. The second-order valence-corrected chi connectivity index (χ2v) is 7.41. The number of nitrogens with zero attached hydrogens (tertiary/aromatic N) is 6. The Morgan fingerprint density at radius 1 is 0.933 bits per heavy atom. The quantitative estimate of drug-likeness (QED) is 0.463. The highest BCUT2D eigenvalue weighted by Crippen LogP contribution is 2.26. The smallest absolute Gasteiger partial charge is 0.268 e. The Morgan fingerprint density at radius 3 is 2.53 bits per heavy atom. The summed E-state index contributed by atoms with van der Waals surface area (Å²) in [6.07, 6.45) is 5.56. The molecule has 3 aromatic heterocycles. The van der Waals surface area contributed by atoms with Crippen LogP contribution in [0, 0.1) is 6.92 Å². The normalized spacial score (nSPS) is 11.2. The molecule has 7 nitrogen and oxygen atoms in total. The third-order valence-electron chi connectivity index (χ3n) is 4.75. The molecule has 0 saturated carbocycles. The minimum Gasteiger partial charge on any atom is -0.415 e. The fourth-order valence-corrected chi connectivity index (χ4v) is 3.16. The Bertz CT molecular complexity index is 1120. The van der Waals surface area contributed by atoms with Gasteiger partial charge in [0.15, 0.2) is 0 Å². The van der Waals surface area contributed by atoms with E-state index in [1.54, 1.807) is 6.20 Å². The Balaban J connectivity index is 1.61. The van der Waals surface area contributed by atoms with Gasteiger partial charge in [-0.25, -0.2) is 4.98 Å². The highest BCUT2D eigenvalue weighted by molar-refractivity contribution is 5.63. The van der Waals surface area contributed by atoms with E-state index in [9.17, 15) is 0 Å². The fraction of sp³-hybridized carbons (Fsp3) is 0.261. The molecular weight excluding hydrogens is 376 g/mol. The van der Waals surface area contributed by atoms with Crippen LogP contribution in [0.15, 0.2) is 59.3 Å². The van der Waals surface area contributed by atoms with E-state index in [-0.39, 0.29) is 0 Å². The zero-order chi connectivity index (χ0) is 20.9. The minimum absolute atomic E-state index is 0.362. The molecule has 0 spiro atoms. The van der Waals surface area contributed by atoms with Crippen LogP contribution in [0.3, 0.4) is 0 Å². The van der Waals surface area contributed by atoms with Crippen LogP contribution in [0.25, 0.3) is 34.3 Å². The van der Waals surface area contributed by atoms with Gasteiger partial charge in [-0.1, -0.05) is 18.2 Å². The average molecular weight is 400 g/mol. The molecule has 7 heteroatoms. The third-order valence-corrected chi connectivity index (χ3v) is 4.75. The summed E-state index contributed by atoms with van der Waals surface area (Å²) in [5.41, 5.74) is 4.97. The number of hydrogen-bond acceptors (Lipinski definition) is 7. The number of aryl methyl sites for hydroxylation is 2. The zero-order valence-corrected chi connectivity index (χ0v) is 17.4. The molecule has 0 atom stereocenters. The van der Waals surface area contributed by atoms with Crippen molar-refractivity contribution in [3.05, 3.63) is 66.2 Å². The molecule has 0 bridgehead atoms. The maximum absolute atomic E-state index is 5.88. The lowest BCUT2D eigenvalue weighted by Gasteiger charge is -2.09. The molecule has 0 N–H and O–H groups in total. The molecular formula is C23H24N6O. The van der Waals surface area contributed by atoms with E-state index < -0.39 is 0 Å². The van der Waals surface area contributed by atoms with Gasteiger partial charge in [0.05, 0.1) is 17.6 Å². The molecule has 4 aromatic rings. The van der Waals surface area contributed by atoms with E-state index in [0.29, 0.717) is 17.5 Å². The summed E-state index contributed by atoms with van der Waals surface area (Å²) >= 11 is 0. The van der Waals surface area contributed by atoms with Gasteiger partial charge in [0.2, 0.25) is 5.89 Å². The predicted molar refractivity (Wildman–Crippen MR) is 116 cm³/mol. The van der Waals surface area contributed by atoms with E-state index in [1.165, 1.54) is 0 Å². The Kier molecular flexibility index (Phi) is 5.90. The third kappa shape index (κ3) is 4.58. The second kappa shape index (κ2) is 8.92. The maximum atomic E-state index is 5.88. The average Bonchev–Trinajstić information content (AvgIpc) is 3.25. The van der Waals surface area contributed by atoms with Crippen LogP contribution in [0.2, 0.25) is 0 Å². The molecule has 0 amide bonds. The number of hydrogen-bond donors (Lipinski definition) is 0. The van der Waals surface area contributed by atoms with Crippen molar-refractivity contribution >= 4 is 0 Å². The fourth-order valence-electron chi connectivity index (χ4n) is 3.16. The van der Waals surface area contributed by atoms with Crippen LogP contribution >= 0.6 is 0 Å². The van der Waals surface area contributed by atoms with E-state index in [2.05, 4.69) is 45.2 Å². The molecule has 0 saturated heterocycles. The predicted octanol–water partition coefficient (Wildman–Crippen LogP) is 4.06. The summed E-state index contributed by atoms with van der Waals surface area (Å²) < 4.78 is 5.88. The Labute approximate surface area is 175 Å². The summed E-state index contributed by atoms with van der Waals surface area (Å²) in [7, 11) is 4.15. The molecule has 0 fully saturated rings. The summed E-state index contributed by atoms with van der Waals surface area (Å²) in [5, 5.41) is 8.37. The molecule has 4 rings (SSSR count). The van der Waals surface area contributed by atoms with Crippen molar-refractivity contribution in [3.8, 4) is 34.3 Å². The van der Waals surface area contributed by atoms with Crippen molar-refractivity contribution in [1.82, 2.24) is 30.0 Å². The van der Waals surface area contributed by atoms with Crippen LogP contribution in [0.1, 0.15) is 17.8 Å². The number of benzene rings is 1. The van der Waals surface area contributed by atoms with Gasteiger partial charge >= 0.3 is 0 Å². The number of aromatic nitrogens is 5. The Hall–Kier alpha value is -3.45. The number of rotatable bonds is 7. The summed E-state index contributed by atoms with van der Waals surface area (Å²) in [6, 6.07) is 13.7. The SMILES string of the molecule is Cc1ncc(-c2ccnc(CCCN(C)C)c2)nc1-c1nnc(-c2ccccc2)o1. The first-order valence-corrected chi connectivity index (χ1v) is 9.93. The first-order valence-electron chi connectivity index (χ1n) is 9.93. The molecule has 0 aliphatic heterocycles. The molecule has 0 aliphatic carbocycles.